The van der Waals surface area contributed by atoms with Crippen molar-refractivity contribution in [2.75, 3.05) is 53.7 Å². The number of carbonyl (C=O) groups is 2. The molecule has 1 aliphatic heterocycles. The molecule has 1 saturated heterocycles. The monoisotopic (exact) mass is 538 g/mol. The van der Waals surface area contributed by atoms with Gasteiger partial charge in [-0.3, -0.25) is 14.2 Å². The van der Waals surface area contributed by atoms with Gasteiger partial charge < -0.3 is 25.6 Å². The Morgan fingerprint density at radius 1 is 1.15 bits per heavy atom. The SMILES string of the molecule is C=CC(=O)Nc1cccc(NC(=O)CNc2nc(N3CCOCC3)nc3c2ncn3-c2cnn(C(F)F)c2)c1. The zero-order valence-electron chi connectivity index (χ0n) is 20.5. The van der Waals surface area contributed by atoms with Crippen LogP contribution in [-0.2, 0) is 14.3 Å². The number of hydrogen-bond acceptors (Lipinski definition) is 9. The lowest BCUT2D eigenvalue weighted by Crippen LogP contribution is -2.37. The Balaban J connectivity index is 1.39. The number of rotatable bonds is 9. The Kier molecular flexibility index (Phi) is 7.40. The zero-order chi connectivity index (χ0) is 27.4. The van der Waals surface area contributed by atoms with Crippen molar-refractivity contribution in [3.63, 3.8) is 0 Å². The van der Waals surface area contributed by atoms with Gasteiger partial charge in [-0.05, 0) is 24.3 Å². The van der Waals surface area contributed by atoms with Gasteiger partial charge in [0.25, 0.3) is 0 Å². The number of alkyl halides is 2. The minimum absolute atomic E-state index is 0.159. The second-order valence-corrected chi connectivity index (χ2v) is 8.39. The summed E-state index contributed by atoms with van der Waals surface area (Å²) >= 11 is 0. The summed E-state index contributed by atoms with van der Waals surface area (Å²) in [5, 5.41) is 12.1. The molecule has 15 heteroatoms. The lowest BCUT2D eigenvalue weighted by atomic mass is 10.2. The lowest BCUT2D eigenvalue weighted by Gasteiger charge is -2.27. The van der Waals surface area contributed by atoms with Crippen LogP contribution in [0.5, 0.6) is 0 Å². The van der Waals surface area contributed by atoms with Crippen molar-refractivity contribution in [1.29, 1.82) is 0 Å². The topological polar surface area (TPSA) is 144 Å². The largest absolute Gasteiger partial charge is 0.378 e. The van der Waals surface area contributed by atoms with Crippen LogP contribution in [0.3, 0.4) is 0 Å². The molecule has 0 atom stereocenters. The molecule has 1 aromatic carbocycles. The molecule has 4 aromatic rings. The van der Waals surface area contributed by atoms with Crippen LogP contribution in [0, 0.1) is 0 Å². The standard InChI is InChI=1S/C24H24F2N10O3/c1-2-18(37)30-15-4-3-5-16(10-15)31-19(38)12-27-21-20-22(33-24(32-21)34-6-8-39-9-7-34)35(14-28-20)17-11-29-36(13-17)23(25)26/h2-5,10-11,13-14,23H,1,6-9,12H2,(H,30,37)(H,31,38)(H,27,32,33). The molecular weight excluding hydrogens is 514 g/mol. The highest BCUT2D eigenvalue weighted by molar-refractivity contribution is 6.00. The number of hydrogen-bond donors (Lipinski definition) is 3. The van der Waals surface area contributed by atoms with E-state index < -0.39 is 6.55 Å². The molecule has 3 aromatic heterocycles. The normalized spacial score (nSPS) is 13.5. The number of nitrogens with one attached hydrogen (secondary N) is 3. The first-order valence-corrected chi connectivity index (χ1v) is 11.9. The number of aromatic nitrogens is 6. The minimum Gasteiger partial charge on any atom is -0.378 e. The van der Waals surface area contributed by atoms with Crippen molar-refractivity contribution < 1.29 is 23.1 Å². The highest BCUT2D eigenvalue weighted by Gasteiger charge is 2.21. The van der Waals surface area contributed by atoms with Gasteiger partial charge in [-0.15, -0.1) is 0 Å². The summed E-state index contributed by atoms with van der Waals surface area (Å²) < 4.78 is 33.7. The van der Waals surface area contributed by atoms with Crippen molar-refractivity contribution in [2.45, 2.75) is 6.55 Å². The van der Waals surface area contributed by atoms with Gasteiger partial charge in [0.2, 0.25) is 17.8 Å². The average Bonchev–Trinajstić information content (AvgIpc) is 3.60. The Bertz CT molecular complexity index is 1510. The first-order chi connectivity index (χ1) is 18.9. The number of carbonyl (C=O) groups excluding carboxylic acids is 2. The van der Waals surface area contributed by atoms with Crippen LogP contribution in [0.1, 0.15) is 6.55 Å². The van der Waals surface area contributed by atoms with Crippen molar-refractivity contribution in [1.82, 2.24) is 29.3 Å². The molecule has 0 unspecified atom stereocenters. The van der Waals surface area contributed by atoms with E-state index in [1.807, 2.05) is 4.90 Å². The van der Waals surface area contributed by atoms with Gasteiger partial charge in [0.15, 0.2) is 17.0 Å². The highest BCUT2D eigenvalue weighted by Crippen LogP contribution is 2.26. The maximum Gasteiger partial charge on any atom is 0.333 e. The Hall–Kier alpha value is -4.92. The minimum atomic E-state index is -2.79. The van der Waals surface area contributed by atoms with Gasteiger partial charge in [-0.1, -0.05) is 12.6 Å². The van der Waals surface area contributed by atoms with Gasteiger partial charge in [0, 0.05) is 24.5 Å². The van der Waals surface area contributed by atoms with Crippen LogP contribution < -0.4 is 20.9 Å². The number of morpholine rings is 1. The van der Waals surface area contributed by atoms with Crippen LogP contribution in [-0.4, -0.2) is 74.0 Å². The number of halogens is 2. The van der Waals surface area contributed by atoms with Gasteiger partial charge in [-0.2, -0.15) is 23.8 Å². The molecule has 0 aliphatic carbocycles. The van der Waals surface area contributed by atoms with E-state index in [4.69, 9.17) is 4.74 Å². The second-order valence-electron chi connectivity index (χ2n) is 8.39. The smallest absolute Gasteiger partial charge is 0.333 e. The van der Waals surface area contributed by atoms with Gasteiger partial charge in [0.1, 0.15) is 6.33 Å². The van der Waals surface area contributed by atoms with E-state index in [2.05, 4.69) is 42.6 Å². The number of anilines is 4. The summed E-state index contributed by atoms with van der Waals surface area (Å²) in [6.07, 6.45) is 5.06. The Morgan fingerprint density at radius 2 is 1.92 bits per heavy atom. The fourth-order valence-corrected chi connectivity index (χ4v) is 3.90. The fraction of sp³-hybridized carbons (Fsp3) is 0.250. The third-order valence-electron chi connectivity index (χ3n) is 5.76. The third-order valence-corrected chi connectivity index (χ3v) is 5.76. The lowest BCUT2D eigenvalue weighted by molar-refractivity contribution is -0.114. The zero-order valence-corrected chi connectivity index (χ0v) is 20.5. The predicted octanol–water partition coefficient (Wildman–Crippen LogP) is 2.42. The number of imidazole rings is 1. The van der Waals surface area contributed by atoms with Gasteiger partial charge in [0.05, 0.1) is 37.8 Å². The van der Waals surface area contributed by atoms with E-state index >= 15 is 0 Å². The summed E-state index contributed by atoms with van der Waals surface area (Å²) in [7, 11) is 0. The van der Waals surface area contributed by atoms with E-state index in [0.29, 0.717) is 71.0 Å². The molecule has 13 nitrogen and oxygen atoms in total. The molecular formula is C24H24F2N10O3. The van der Waals surface area contributed by atoms with E-state index in [1.165, 1.54) is 23.3 Å². The number of benzene rings is 1. The summed E-state index contributed by atoms with van der Waals surface area (Å²) in [4.78, 5) is 39.8. The predicted molar refractivity (Wildman–Crippen MR) is 139 cm³/mol. The molecule has 202 valence electrons. The fourth-order valence-electron chi connectivity index (χ4n) is 3.90. The van der Waals surface area contributed by atoms with Crippen LogP contribution in [0.15, 0.2) is 55.6 Å². The summed E-state index contributed by atoms with van der Waals surface area (Å²) in [6.45, 7) is 2.58. The van der Waals surface area contributed by atoms with Crippen LogP contribution >= 0.6 is 0 Å². The molecule has 0 saturated carbocycles. The Labute approximate surface area is 220 Å². The summed E-state index contributed by atoms with van der Waals surface area (Å²) in [5.41, 5.74) is 2.02. The maximum atomic E-state index is 13.1. The highest BCUT2D eigenvalue weighted by atomic mass is 19.3. The molecule has 1 fully saturated rings. The van der Waals surface area contributed by atoms with Crippen LogP contribution in [0.25, 0.3) is 16.9 Å². The number of nitrogens with zero attached hydrogens (tertiary/aromatic N) is 7. The molecule has 0 spiro atoms. The average molecular weight is 539 g/mol. The van der Waals surface area contributed by atoms with Crippen LogP contribution in [0.4, 0.5) is 31.9 Å². The molecule has 4 heterocycles. The third kappa shape index (κ3) is 5.82. The van der Waals surface area contributed by atoms with Crippen molar-refractivity contribution >= 4 is 46.1 Å². The number of ether oxygens (including phenoxy) is 1. The van der Waals surface area contributed by atoms with Crippen molar-refractivity contribution in [3.05, 3.63) is 55.6 Å². The molecule has 5 rings (SSSR count). The molecule has 0 radical (unpaired) electrons. The first kappa shape index (κ1) is 25.7. The molecule has 1 aliphatic rings. The molecule has 3 N–H and O–H groups in total. The van der Waals surface area contributed by atoms with Crippen molar-refractivity contribution in [3.8, 4) is 5.69 Å². The number of fused-ring (bicyclic) bond motifs is 1. The van der Waals surface area contributed by atoms with E-state index in [-0.39, 0.29) is 18.4 Å². The van der Waals surface area contributed by atoms with E-state index in [9.17, 15) is 18.4 Å². The maximum absolute atomic E-state index is 13.1. The number of amides is 2. The molecule has 2 amide bonds. The van der Waals surface area contributed by atoms with Crippen LogP contribution in [0.2, 0.25) is 0 Å². The summed E-state index contributed by atoms with van der Waals surface area (Å²) in [5.74, 6) is -0.0736. The van der Waals surface area contributed by atoms with Crippen molar-refractivity contribution in [2.24, 2.45) is 0 Å². The molecule has 39 heavy (non-hydrogen) atoms. The summed E-state index contributed by atoms with van der Waals surface area (Å²) in [6, 6.07) is 6.66. The van der Waals surface area contributed by atoms with E-state index in [1.54, 1.807) is 24.3 Å². The Morgan fingerprint density at radius 3 is 2.64 bits per heavy atom. The van der Waals surface area contributed by atoms with E-state index in [0.717, 1.165) is 6.08 Å². The van der Waals surface area contributed by atoms with Gasteiger partial charge >= 0.3 is 6.55 Å². The molecule has 0 bridgehead atoms. The second kappa shape index (κ2) is 11.2. The quantitative estimate of drug-likeness (QED) is 0.274. The first-order valence-electron chi connectivity index (χ1n) is 11.9. The van der Waals surface area contributed by atoms with Gasteiger partial charge in [-0.25, -0.2) is 9.67 Å².